The minimum absolute atomic E-state index is 0.973. The Bertz CT molecular complexity index is 247. The number of aromatic nitrogens is 2. The van der Waals surface area contributed by atoms with Crippen LogP contribution in [0.15, 0.2) is 0 Å². The lowest BCUT2D eigenvalue weighted by Crippen LogP contribution is -2.25. The fraction of sp³-hybridized carbons (Fsp3) is 0.750. The number of nitrogens with zero attached hydrogens (tertiary/aromatic N) is 3. The van der Waals surface area contributed by atoms with Crippen LogP contribution in [0, 0.1) is 3.01 Å². The Kier molecular flexibility index (Phi) is 5.12. The molecule has 0 unspecified atom stereocenters. The Hall–Kier alpha value is 0.250. The summed E-state index contributed by atoms with van der Waals surface area (Å²) in [5.41, 5.74) is 0. The fourth-order valence-electron chi connectivity index (χ4n) is 1.13. The zero-order valence-corrected chi connectivity index (χ0v) is 10.9. The van der Waals surface area contributed by atoms with Gasteiger partial charge in [0.1, 0.15) is 5.82 Å². The van der Waals surface area contributed by atoms with Crippen molar-refractivity contribution in [1.29, 1.82) is 0 Å². The topological polar surface area (TPSA) is 29.0 Å². The summed E-state index contributed by atoms with van der Waals surface area (Å²) in [4.78, 5) is 6.70. The van der Waals surface area contributed by atoms with Crippen LogP contribution in [-0.4, -0.2) is 33.9 Å². The highest BCUT2D eigenvalue weighted by Gasteiger charge is 2.03. The van der Waals surface area contributed by atoms with Gasteiger partial charge in [-0.2, -0.15) is 4.37 Å². The third-order valence-corrected chi connectivity index (χ3v) is 3.37. The summed E-state index contributed by atoms with van der Waals surface area (Å²) in [7, 11) is 0. The molecular formula is C8H14IN3S. The van der Waals surface area contributed by atoms with Gasteiger partial charge in [-0.1, -0.05) is 13.8 Å². The highest BCUT2D eigenvalue weighted by molar-refractivity contribution is 14.1. The van der Waals surface area contributed by atoms with Crippen LogP contribution in [0.2, 0.25) is 0 Å². The molecule has 0 amide bonds. The maximum atomic E-state index is 4.32. The first-order valence-electron chi connectivity index (χ1n) is 4.46. The third-order valence-electron chi connectivity index (χ3n) is 1.99. The Morgan fingerprint density at radius 2 is 2.08 bits per heavy atom. The molecule has 1 aromatic rings. The van der Waals surface area contributed by atoms with Crippen LogP contribution in [0.1, 0.15) is 19.7 Å². The largest absolute Gasteiger partial charge is 0.303 e. The number of halogens is 1. The van der Waals surface area contributed by atoms with E-state index in [0.29, 0.717) is 0 Å². The van der Waals surface area contributed by atoms with Crippen LogP contribution in [0.5, 0.6) is 0 Å². The summed E-state index contributed by atoms with van der Waals surface area (Å²) in [6.45, 7) is 7.65. The lowest BCUT2D eigenvalue weighted by atomic mass is 10.3. The van der Waals surface area contributed by atoms with E-state index < -0.39 is 0 Å². The number of rotatable bonds is 5. The van der Waals surface area contributed by atoms with Gasteiger partial charge >= 0.3 is 0 Å². The molecule has 13 heavy (non-hydrogen) atoms. The third kappa shape index (κ3) is 3.86. The molecule has 74 valence electrons. The smallest absolute Gasteiger partial charge is 0.173 e. The monoisotopic (exact) mass is 311 g/mol. The molecule has 0 radical (unpaired) electrons. The van der Waals surface area contributed by atoms with Gasteiger partial charge in [-0.05, 0) is 47.2 Å². The van der Waals surface area contributed by atoms with Crippen LogP contribution >= 0.6 is 34.1 Å². The van der Waals surface area contributed by atoms with Gasteiger partial charge in [0, 0.05) is 13.0 Å². The summed E-state index contributed by atoms with van der Waals surface area (Å²) >= 11 is 3.69. The molecule has 0 aromatic carbocycles. The second kappa shape index (κ2) is 5.87. The van der Waals surface area contributed by atoms with Crippen molar-refractivity contribution < 1.29 is 0 Å². The van der Waals surface area contributed by atoms with E-state index in [1.807, 2.05) is 0 Å². The average molecular weight is 311 g/mol. The first kappa shape index (κ1) is 11.3. The Labute approximate surface area is 96.9 Å². The van der Waals surface area contributed by atoms with Gasteiger partial charge in [0.05, 0.1) is 0 Å². The molecule has 1 heterocycles. The van der Waals surface area contributed by atoms with E-state index in [1.165, 1.54) is 11.5 Å². The van der Waals surface area contributed by atoms with E-state index >= 15 is 0 Å². The highest BCUT2D eigenvalue weighted by Crippen LogP contribution is 2.07. The number of likely N-dealkylation sites (N-methyl/N-ethyl adjacent to an activating group) is 1. The van der Waals surface area contributed by atoms with Gasteiger partial charge in [-0.3, -0.25) is 0 Å². The Balaban J connectivity index is 2.33. The van der Waals surface area contributed by atoms with Gasteiger partial charge in [0.25, 0.3) is 0 Å². The second-order valence-corrected chi connectivity index (χ2v) is 5.25. The van der Waals surface area contributed by atoms with E-state index in [4.69, 9.17) is 0 Å². The zero-order chi connectivity index (χ0) is 9.68. The Morgan fingerprint density at radius 3 is 2.54 bits per heavy atom. The molecule has 0 atom stereocenters. The van der Waals surface area contributed by atoms with E-state index in [-0.39, 0.29) is 0 Å². The molecule has 3 nitrogen and oxygen atoms in total. The van der Waals surface area contributed by atoms with Gasteiger partial charge in [-0.25, -0.2) is 4.98 Å². The van der Waals surface area contributed by atoms with Gasteiger partial charge in [0.2, 0.25) is 0 Å². The summed E-state index contributed by atoms with van der Waals surface area (Å²) < 4.78 is 5.29. The van der Waals surface area contributed by atoms with E-state index in [0.717, 1.165) is 34.9 Å². The Morgan fingerprint density at radius 1 is 1.38 bits per heavy atom. The van der Waals surface area contributed by atoms with Gasteiger partial charge in [-0.15, -0.1) is 0 Å². The lowest BCUT2D eigenvalue weighted by molar-refractivity contribution is 0.306. The molecule has 5 heteroatoms. The van der Waals surface area contributed by atoms with Crippen molar-refractivity contribution in [3.05, 3.63) is 8.84 Å². The van der Waals surface area contributed by atoms with Crippen LogP contribution in [-0.2, 0) is 6.42 Å². The molecule has 0 aliphatic rings. The molecule has 0 N–H and O–H groups in total. The molecule has 1 rings (SSSR count). The molecule has 0 saturated heterocycles. The number of hydrogen-bond acceptors (Lipinski definition) is 4. The number of hydrogen-bond donors (Lipinski definition) is 0. The molecule has 0 aliphatic carbocycles. The summed E-state index contributed by atoms with van der Waals surface area (Å²) in [5, 5.41) is 0. The SMILES string of the molecule is CCN(CC)CCc1nsc(I)n1. The summed E-state index contributed by atoms with van der Waals surface area (Å²) in [6.07, 6.45) is 0.973. The van der Waals surface area contributed by atoms with Crippen molar-refractivity contribution in [2.45, 2.75) is 20.3 Å². The highest BCUT2D eigenvalue weighted by atomic mass is 127. The minimum atomic E-state index is 0.973. The van der Waals surface area contributed by atoms with E-state index in [9.17, 15) is 0 Å². The predicted octanol–water partition coefficient (Wildman–Crippen LogP) is 2.03. The molecule has 0 fully saturated rings. The van der Waals surface area contributed by atoms with E-state index in [2.05, 4.69) is 50.7 Å². The van der Waals surface area contributed by atoms with Crippen molar-refractivity contribution in [2.75, 3.05) is 19.6 Å². The molecule has 0 spiro atoms. The van der Waals surface area contributed by atoms with Crippen molar-refractivity contribution in [3.8, 4) is 0 Å². The summed E-state index contributed by atoms with van der Waals surface area (Å²) in [6, 6.07) is 0. The predicted molar refractivity (Wildman–Crippen MR) is 64.1 cm³/mol. The molecule has 0 aliphatic heterocycles. The maximum absolute atomic E-state index is 4.32. The van der Waals surface area contributed by atoms with Crippen LogP contribution in [0.4, 0.5) is 0 Å². The van der Waals surface area contributed by atoms with Crippen molar-refractivity contribution in [1.82, 2.24) is 14.3 Å². The van der Waals surface area contributed by atoms with Gasteiger partial charge < -0.3 is 4.90 Å². The first-order valence-corrected chi connectivity index (χ1v) is 6.32. The summed E-state index contributed by atoms with van der Waals surface area (Å²) in [5.74, 6) is 0.987. The van der Waals surface area contributed by atoms with Crippen molar-refractivity contribution >= 4 is 34.1 Å². The lowest BCUT2D eigenvalue weighted by Gasteiger charge is -2.16. The normalized spacial score (nSPS) is 11.1. The van der Waals surface area contributed by atoms with Crippen molar-refractivity contribution in [2.24, 2.45) is 0 Å². The first-order chi connectivity index (χ1) is 6.26. The standard InChI is InChI=1S/C8H14IN3S/c1-3-12(4-2)6-5-7-10-8(9)13-11-7/h3-6H2,1-2H3. The van der Waals surface area contributed by atoms with Crippen LogP contribution in [0.25, 0.3) is 0 Å². The molecule has 0 bridgehead atoms. The molecule has 1 aromatic heterocycles. The fourth-order valence-corrected chi connectivity index (χ4v) is 2.17. The second-order valence-electron chi connectivity index (χ2n) is 2.74. The quantitative estimate of drug-likeness (QED) is 0.779. The maximum Gasteiger partial charge on any atom is 0.173 e. The minimum Gasteiger partial charge on any atom is -0.303 e. The zero-order valence-electron chi connectivity index (χ0n) is 7.96. The molecule has 0 saturated carbocycles. The van der Waals surface area contributed by atoms with Crippen molar-refractivity contribution in [3.63, 3.8) is 0 Å². The average Bonchev–Trinajstić information content (AvgIpc) is 2.53. The van der Waals surface area contributed by atoms with E-state index in [1.54, 1.807) is 0 Å². The molecular weight excluding hydrogens is 297 g/mol. The van der Waals surface area contributed by atoms with Crippen LogP contribution < -0.4 is 0 Å². The van der Waals surface area contributed by atoms with Gasteiger partial charge in [0.15, 0.2) is 3.01 Å². The van der Waals surface area contributed by atoms with Crippen LogP contribution in [0.3, 0.4) is 0 Å².